The highest BCUT2D eigenvalue weighted by atomic mass is 16.1. The molecule has 9 heavy (non-hydrogen) atoms. The fraction of sp³-hybridized carbons (Fsp3) is 0.857. The van der Waals surface area contributed by atoms with Gasteiger partial charge in [-0.2, -0.15) is 0 Å². The third kappa shape index (κ3) is 5.34. The van der Waals surface area contributed by atoms with E-state index in [9.17, 15) is 4.79 Å². The minimum absolute atomic E-state index is 0.714. The fourth-order valence-electron chi connectivity index (χ4n) is 0.574. The Morgan fingerprint density at radius 1 is 1.67 bits per heavy atom. The Bertz CT molecular complexity index is 73.3. The lowest BCUT2D eigenvalue weighted by Crippen LogP contribution is -2.14. The third-order valence-corrected chi connectivity index (χ3v) is 1.53. The Morgan fingerprint density at radius 2 is 2.33 bits per heavy atom. The molecule has 0 aliphatic carbocycles. The zero-order valence-corrected chi connectivity index (χ0v) is 6.11. The molecule has 1 unspecified atom stereocenters. The lowest BCUT2D eigenvalue weighted by atomic mass is 10.1. The molecule has 0 aromatic carbocycles. The van der Waals surface area contributed by atoms with Crippen molar-refractivity contribution >= 4 is 6.41 Å². The van der Waals surface area contributed by atoms with Gasteiger partial charge in [-0.15, -0.1) is 0 Å². The van der Waals surface area contributed by atoms with Crippen LogP contribution in [-0.2, 0) is 4.79 Å². The Balaban J connectivity index is 2.96. The molecule has 0 rings (SSSR count). The van der Waals surface area contributed by atoms with Crippen molar-refractivity contribution < 1.29 is 4.79 Å². The molecule has 0 spiro atoms. The minimum atomic E-state index is 0.714. The fourth-order valence-corrected chi connectivity index (χ4v) is 0.574. The number of amides is 1. The second kappa shape index (κ2) is 5.60. The third-order valence-electron chi connectivity index (χ3n) is 1.53. The number of hydrogen-bond acceptors (Lipinski definition) is 1. The van der Waals surface area contributed by atoms with Crippen molar-refractivity contribution in [2.75, 3.05) is 6.54 Å². The van der Waals surface area contributed by atoms with Gasteiger partial charge >= 0.3 is 6.41 Å². The van der Waals surface area contributed by atoms with Gasteiger partial charge in [0.25, 0.3) is 0 Å². The molecule has 2 heteroatoms. The van der Waals surface area contributed by atoms with E-state index in [1.165, 1.54) is 6.42 Å². The van der Waals surface area contributed by atoms with Crippen molar-refractivity contribution in [1.82, 2.24) is 5.32 Å². The van der Waals surface area contributed by atoms with Crippen LogP contribution in [0.2, 0.25) is 0 Å². The lowest BCUT2D eigenvalue weighted by Gasteiger charge is -2.05. The predicted molar refractivity (Wildman–Crippen MR) is 37.8 cm³/mol. The molecule has 53 valence electrons. The maximum absolute atomic E-state index is 9.64. The molecule has 0 aromatic heterocycles. The molecular weight excluding hydrogens is 114 g/mol. The first-order valence-electron chi connectivity index (χ1n) is 3.41. The average Bonchev–Trinajstić information content (AvgIpc) is 1.89. The smallest absolute Gasteiger partial charge is 0.309 e. The van der Waals surface area contributed by atoms with E-state index in [1.54, 1.807) is 6.41 Å². The van der Waals surface area contributed by atoms with Crippen LogP contribution in [-0.4, -0.2) is 13.0 Å². The summed E-state index contributed by atoms with van der Waals surface area (Å²) in [5.74, 6) is 0.714. The molecule has 0 aliphatic rings. The van der Waals surface area contributed by atoms with Crippen LogP contribution in [0.4, 0.5) is 0 Å². The average molecular weight is 128 g/mol. The summed E-state index contributed by atoms with van der Waals surface area (Å²) in [5.41, 5.74) is 0. The van der Waals surface area contributed by atoms with Gasteiger partial charge in [0.05, 0.1) is 0 Å². The number of nitrogens with one attached hydrogen (secondary N) is 1. The van der Waals surface area contributed by atoms with Gasteiger partial charge in [0.15, 0.2) is 0 Å². The van der Waals surface area contributed by atoms with Crippen LogP contribution in [0.5, 0.6) is 0 Å². The molecule has 2 nitrogen and oxygen atoms in total. The summed E-state index contributed by atoms with van der Waals surface area (Å²) in [5, 5.41) is 2.51. The van der Waals surface area contributed by atoms with Crippen LogP contribution >= 0.6 is 0 Å². The number of hydrogen-bond donors (Lipinski definition) is 1. The maximum atomic E-state index is 9.64. The van der Waals surface area contributed by atoms with E-state index in [-0.39, 0.29) is 0 Å². The standard InChI is InChI=1S/C7H14NO/c1-3-7(2)4-5-8-6-9/h7H,3-5H2,1-2H3,(H,8,9). The molecule has 1 N–H and O–H groups in total. The Labute approximate surface area is 56.6 Å². The Kier molecular flexibility index (Phi) is 5.27. The number of carbonyl (C=O) groups excluding carboxylic acids is 1. The van der Waals surface area contributed by atoms with Gasteiger partial charge in [0.2, 0.25) is 0 Å². The van der Waals surface area contributed by atoms with Crippen molar-refractivity contribution in [3.63, 3.8) is 0 Å². The zero-order valence-electron chi connectivity index (χ0n) is 6.11. The lowest BCUT2D eigenvalue weighted by molar-refractivity contribution is 0.496. The van der Waals surface area contributed by atoms with E-state index in [0.29, 0.717) is 5.92 Å². The molecule has 0 fully saturated rings. The molecule has 0 heterocycles. The van der Waals surface area contributed by atoms with Crippen molar-refractivity contribution in [2.24, 2.45) is 5.92 Å². The first-order chi connectivity index (χ1) is 4.31. The second-order valence-electron chi connectivity index (χ2n) is 2.33. The van der Waals surface area contributed by atoms with Crippen molar-refractivity contribution in [1.29, 1.82) is 0 Å². The largest absolute Gasteiger partial charge is 0.348 e. The van der Waals surface area contributed by atoms with E-state index < -0.39 is 0 Å². The molecule has 0 aromatic rings. The van der Waals surface area contributed by atoms with E-state index in [4.69, 9.17) is 0 Å². The molecule has 1 amide bonds. The van der Waals surface area contributed by atoms with Crippen LogP contribution < -0.4 is 5.32 Å². The van der Waals surface area contributed by atoms with Gasteiger partial charge in [0, 0.05) is 6.54 Å². The summed E-state index contributed by atoms with van der Waals surface area (Å²) in [7, 11) is 0. The predicted octanol–water partition coefficient (Wildman–Crippen LogP) is 1.08. The molecule has 0 saturated carbocycles. The second-order valence-corrected chi connectivity index (χ2v) is 2.33. The highest BCUT2D eigenvalue weighted by Crippen LogP contribution is 2.03. The molecule has 0 aliphatic heterocycles. The van der Waals surface area contributed by atoms with Gasteiger partial charge in [0.1, 0.15) is 0 Å². The highest BCUT2D eigenvalue weighted by molar-refractivity contribution is 5.46. The quantitative estimate of drug-likeness (QED) is 0.435. The van der Waals surface area contributed by atoms with Gasteiger partial charge in [-0.05, 0) is 12.3 Å². The molecule has 1 radical (unpaired) electrons. The molecule has 1 atom stereocenters. The molecular formula is C7H14NO. The monoisotopic (exact) mass is 128 g/mol. The van der Waals surface area contributed by atoms with Gasteiger partial charge in [-0.1, -0.05) is 20.3 Å². The van der Waals surface area contributed by atoms with Crippen LogP contribution in [0.3, 0.4) is 0 Å². The van der Waals surface area contributed by atoms with Crippen molar-refractivity contribution in [3.8, 4) is 0 Å². The maximum Gasteiger partial charge on any atom is 0.309 e. The SMILES string of the molecule is CCC(C)CCN[C]=O. The summed E-state index contributed by atoms with van der Waals surface area (Å²) in [4.78, 5) is 9.64. The van der Waals surface area contributed by atoms with Gasteiger partial charge < -0.3 is 5.32 Å². The first kappa shape index (κ1) is 8.47. The molecule has 0 saturated heterocycles. The van der Waals surface area contributed by atoms with E-state index >= 15 is 0 Å². The van der Waals surface area contributed by atoms with E-state index in [2.05, 4.69) is 19.2 Å². The minimum Gasteiger partial charge on any atom is -0.348 e. The van der Waals surface area contributed by atoms with Crippen LogP contribution in [0.25, 0.3) is 0 Å². The molecule has 0 bridgehead atoms. The summed E-state index contributed by atoms with van der Waals surface area (Å²) in [6.45, 7) is 5.08. The van der Waals surface area contributed by atoms with Crippen LogP contribution in [0, 0.1) is 5.92 Å². The van der Waals surface area contributed by atoms with E-state index in [1.807, 2.05) is 0 Å². The van der Waals surface area contributed by atoms with Gasteiger partial charge in [-0.3, -0.25) is 4.79 Å². The topological polar surface area (TPSA) is 29.1 Å². The van der Waals surface area contributed by atoms with Crippen molar-refractivity contribution in [3.05, 3.63) is 0 Å². The highest BCUT2D eigenvalue weighted by Gasteiger charge is 1.95. The van der Waals surface area contributed by atoms with Gasteiger partial charge in [-0.25, -0.2) is 0 Å². The zero-order chi connectivity index (χ0) is 7.11. The van der Waals surface area contributed by atoms with E-state index in [0.717, 1.165) is 13.0 Å². The Morgan fingerprint density at radius 3 is 2.78 bits per heavy atom. The summed E-state index contributed by atoms with van der Waals surface area (Å²) >= 11 is 0. The first-order valence-corrected chi connectivity index (χ1v) is 3.41. The Hall–Kier alpha value is -0.530. The summed E-state index contributed by atoms with van der Waals surface area (Å²) < 4.78 is 0. The van der Waals surface area contributed by atoms with Crippen LogP contribution in [0.15, 0.2) is 0 Å². The summed E-state index contributed by atoms with van der Waals surface area (Å²) in [6.07, 6.45) is 3.89. The van der Waals surface area contributed by atoms with Crippen molar-refractivity contribution in [2.45, 2.75) is 26.7 Å². The normalized spacial score (nSPS) is 12.7. The number of rotatable bonds is 5. The van der Waals surface area contributed by atoms with Crippen LogP contribution in [0.1, 0.15) is 26.7 Å². The summed E-state index contributed by atoms with van der Waals surface area (Å²) in [6, 6.07) is 0.